The molecule has 5 nitrogen and oxygen atoms in total. The summed E-state index contributed by atoms with van der Waals surface area (Å²) in [4.78, 5) is 12.9. The first kappa shape index (κ1) is 19.9. The number of aryl methyl sites for hydroxylation is 1. The Labute approximate surface area is 178 Å². The summed E-state index contributed by atoms with van der Waals surface area (Å²) in [7, 11) is -3.56. The number of carbonyl (C=O) groups excluding carboxylic acids is 1. The minimum atomic E-state index is -3.56. The van der Waals surface area contributed by atoms with E-state index >= 15 is 0 Å². The van der Waals surface area contributed by atoms with Crippen LogP contribution in [0.1, 0.15) is 46.3 Å². The highest BCUT2D eigenvalue weighted by atomic mass is 79.9. The number of furan rings is 1. The standard InChI is InChI=1S/C22H20BrNO4S/c23-16-8-11-18(12-9-16)29(26,27)14-17-10-13-21(28-17)22(25)24-20-7-3-5-15-4-1-2-6-19(15)20/h1-2,4,6,8-13,20H,3,5,7,14H2,(H,24,25)/t20-/m1/s1. The summed E-state index contributed by atoms with van der Waals surface area (Å²) in [5, 5.41) is 3.02. The van der Waals surface area contributed by atoms with E-state index < -0.39 is 9.84 Å². The van der Waals surface area contributed by atoms with Gasteiger partial charge < -0.3 is 9.73 Å². The third-order valence-electron chi connectivity index (χ3n) is 5.07. The number of rotatable bonds is 5. The maximum atomic E-state index is 12.6. The third kappa shape index (κ3) is 4.46. The lowest BCUT2D eigenvalue weighted by Gasteiger charge is -2.25. The van der Waals surface area contributed by atoms with Gasteiger partial charge in [0.05, 0.1) is 10.9 Å². The van der Waals surface area contributed by atoms with Gasteiger partial charge in [0, 0.05) is 4.47 Å². The summed E-state index contributed by atoms with van der Waals surface area (Å²) in [6.07, 6.45) is 2.90. The summed E-state index contributed by atoms with van der Waals surface area (Å²) >= 11 is 3.29. The maximum Gasteiger partial charge on any atom is 0.287 e. The van der Waals surface area contributed by atoms with Crippen molar-refractivity contribution < 1.29 is 17.6 Å². The molecule has 0 unspecified atom stereocenters. The molecule has 2 aromatic carbocycles. The van der Waals surface area contributed by atoms with Crippen molar-refractivity contribution in [1.29, 1.82) is 0 Å². The fourth-order valence-corrected chi connectivity index (χ4v) is 5.13. The van der Waals surface area contributed by atoms with Gasteiger partial charge in [0.2, 0.25) is 0 Å². The molecule has 1 aliphatic rings. The Balaban J connectivity index is 1.47. The Morgan fingerprint density at radius 3 is 2.62 bits per heavy atom. The van der Waals surface area contributed by atoms with E-state index in [1.165, 1.54) is 23.8 Å². The van der Waals surface area contributed by atoms with Crippen LogP contribution in [0.15, 0.2) is 74.4 Å². The number of carbonyl (C=O) groups is 1. The van der Waals surface area contributed by atoms with Crippen molar-refractivity contribution >= 4 is 31.7 Å². The van der Waals surface area contributed by atoms with Crippen molar-refractivity contribution in [2.75, 3.05) is 0 Å². The fraction of sp³-hybridized carbons (Fsp3) is 0.227. The maximum absolute atomic E-state index is 12.6. The van der Waals surface area contributed by atoms with Gasteiger partial charge in [0.25, 0.3) is 5.91 Å². The van der Waals surface area contributed by atoms with Crippen LogP contribution >= 0.6 is 15.9 Å². The van der Waals surface area contributed by atoms with Gasteiger partial charge in [-0.15, -0.1) is 0 Å². The number of nitrogens with one attached hydrogen (secondary N) is 1. The molecule has 0 aliphatic heterocycles. The average molecular weight is 474 g/mol. The number of benzene rings is 2. The first-order valence-corrected chi connectivity index (χ1v) is 11.8. The van der Waals surface area contributed by atoms with Crippen LogP contribution in [0, 0.1) is 0 Å². The lowest BCUT2D eigenvalue weighted by atomic mass is 9.88. The smallest absolute Gasteiger partial charge is 0.287 e. The summed E-state index contributed by atoms with van der Waals surface area (Å²) < 4.78 is 31.5. The molecule has 1 aliphatic carbocycles. The molecule has 0 radical (unpaired) electrons. The lowest BCUT2D eigenvalue weighted by Crippen LogP contribution is -2.30. The predicted octanol–water partition coefficient (Wildman–Crippen LogP) is 4.82. The number of sulfone groups is 1. The largest absolute Gasteiger partial charge is 0.455 e. The highest BCUT2D eigenvalue weighted by Crippen LogP contribution is 2.30. The van der Waals surface area contributed by atoms with Crippen molar-refractivity contribution in [2.24, 2.45) is 0 Å². The zero-order valence-electron chi connectivity index (χ0n) is 15.6. The zero-order chi connectivity index (χ0) is 20.4. The fourth-order valence-electron chi connectivity index (χ4n) is 3.62. The van der Waals surface area contributed by atoms with Crippen molar-refractivity contribution in [2.45, 2.75) is 36.0 Å². The van der Waals surface area contributed by atoms with Crippen molar-refractivity contribution in [3.63, 3.8) is 0 Å². The lowest BCUT2D eigenvalue weighted by molar-refractivity contribution is 0.0903. The van der Waals surface area contributed by atoms with Crippen LogP contribution in [0.3, 0.4) is 0 Å². The second kappa shape index (κ2) is 8.16. The van der Waals surface area contributed by atoms with Crippen LogP contribution in [0.5, 0.6) is 0 Å². The Kier molecular flexibility index (Phi) is 5.61. The van der Waals surface area contributed by atoms with E-state index in [0.29, 0.717) is 0 Å². The average Bonchev–Trinajstić information content (AvgIpc) is 3.16. The van der Waals surface area contributed by atoms with Gasteiger partial charge in [0.1, 0.15) is 11.5 Å². The molecule has 1 N–H and O–H groups in total. The van der Waals surface area contributed by atoms with Crippen LogP contribution < -0.4 is 5.32 Å². The Morgan fingerprint density at radius 2 is 1.83 bits per heavy atom. The van der Waals surface area contributed by atoms with E-state index in [-0.39, 0.29) is 34.1 Å². The van der Waals surface area contributed by atoms with Gasteiger partial charge in [-0.2, -0.15) is 0 Å². The zero-order valence-corrected chi connectivity index (χ0v) is 18.0. The molecule has 0 fully saturated rings. The summed E-state index contributed by atoms with van der Waals surface area (Å²) in [6, 6.07) is 17.5. The Morgan fingerprint density at radius 1 is 1.07 bits per heavy atom. The van der Waals surface area contributed by atoms with E-state index in [1.54, 1.807) is 18.2 Å². The van der Waals surface area contributed by atoms with Gasteiger partial charge in [-0.3, -0.25) is 4.79 Å². The summed E-state index contributed by atoms with van der Waals surface area (Å²) in [5.41, 5.74) is 2.39. The molecule has 150 valence electrons. The number of hydrogen-bond acceptors (Lipinski definition) is 4. The third-order valence-corrected chi connectivity index (χ3v) is 7.25. The normalized spacial score (nSPS) is 16.2. The number of hydrogen-bond donors (Lipinski definition) is 1. The summed E-state index contributed by atoms with van der Waals surface area (Å²) in [6.45, 7) is 0. The molecule has 0 spiro atoms. The molecule has 0 saturated carbocycles. The molecule has 3 aromatic rings. The van der Waals surface area contributed by atoms with Gasteiger partial charge in [-0.1, -0.05) is 40.2 Å². The SMILES string of the molecule is O=C(N[C@@H]1CCCc2ccccc21)c1ccc(CS(=O)(=O)c2ccc(Br)cc2)o1. The van der Waals surface area contributed by atoms with Crippen LogP contribution in [0.4, 0.5) is 0 Å². The van der Waals surface area contributed by atoms with E-state index in [0.717, 1.165) is 29.3 Å². The number of amides is 1. The Hall–Kier alpha value is -2.38. The topological polar surface area (TPSA) is 76.4 Å². The first-order valence-electron chi connectivity index (χ1n) is 9.38. The quantitative estimate of drug-likeness (QED) is 0.575. The monoisotopic (exact) mass is 473 g/mol. The van der Waals surface area contributed by atoms with Crippen molar-refractivity contribution in [3.05, 3.63) is 87.8 Å². The molecule has 1 amide bonds. The van der Waals surface area contributed by atoms with Crippen LogP contribution in [0.25, 0.3) is 0 Å². The van der Waals surface area contributed by atoms with Gasteiger partial charge >= 0.3 is 0 Å². The van der Waals surface area contributed by atoms with Gasteiger partial charge in [-0.05, 0) is 66.8 Å². The van der Waals surface area contributed by atoms with Crippen molar-refractivity contribution in [1.82, 2.24) is 5.32 Å². The first-order chi connectivity index (χ1) is 13.9. The van der Waals surface area contributed by atoms with E-state index in [1.807, 2.05) is 18.2 Å². The van der Waals surface area contributed by atoms with Crippen LogP contribution in [-0.2, 0) is 22.0 Å². The van der Waals surface area contributed by atoms with E-state index in [4.69, 9.17) is 4.42 Å². The number of halogens is 1. The van der Waals surface area contributed by atoms with E-state index in [9.17, 15) is 13.2 Å². The second-order valence-electron chi connectivity index (χ2n) is 7.10. The summed E-state index contributed by atoms with van der Waals surface area (Å²) in [5.74, 6) is -0.274. The molecule has 0 saturated heterocycles. The molecule has 0 bridgehead atoms. The van der Waals surface area contributed by atoms with Crippen molar-refractivity contribution in [3.8, 4) is 0 Å². The highest BCUT2D eigenvalue weighted by Gasteiger charge is 2.24. The molecule has 1 aromatic heterocycles. The van der Waals surface area contributed by atoms with Crippen LogP contribution in [-0.4, -0.2) is 14.3 Å². The van der Waals surface area contributed by atoms with Gasteiger partial charge in [-0.25, -0.2) is 8.42 Å². The Bertz CT molecular complexity index is 1140. The molecule has 1 heterocycles. The predicted molar refractivity (Wildman–Crippen MR) is 113 cm³/mol. The second-order valence-corrected chi connectivity index (χ2v) is 10.0. The molecule has 7 heteroatoms. The van der Waals surface area contributed by atoms with E-state index in [2.05, 4.69) is 27.3 Å². The molecule has 1 atom stereocenters. The minimum Gasteiger partial charge on any atom is -0.455 e. The molecular formula is C22H20BrNO4S. The van der Waals surface area contributed by atoms with Crippen LogP contribution in [0.2, 0.25) is 0 Å². The highest BCUT2D eigenvalue weighted by molar-refractivity contribution is 9.10. The molecule has 4 rings (SSSR count). The molecule has 29 heavy (non-hydrogen) atoms. The molecular weight excluding hydrogens is 454 g/mol. The minimum absolute atomic E-state index is 0.0625. The van der Waals surface area contributed by atoms with Gasteiger partial charge in [0.15, 0.2) is 15.6 Å². The number of fused-ring (bicyclic) bond motifs is 1.